The van der Waals surface area contributed by atoms with Gasteiger partial charge in [0.1, 0.15) is 0 Å². The summed E-state index contributed by atoms with van der Waals surface area (Å²) in [6, 6.07) is 1.10. The second-order valence-electron chi connectivity index (χ2n) is 2.07. The van der Waals surface area contributed by atoms with Gasteiger partial charge in [-0.2, -0.15) is 4.68 Å². The lowest BCUT2D eigenvalue weighted by atomic mass is 10.6. The molecule has 0 saturated carbocycles. The zero-order valence-electron chi connectivity index (χ0n) is 6.27. The van der Waals surface area contributed by atoms with Crippen molar-refractivity contribution < 1.29 is 4.79 Å². The fourth-order valence-corrected chi connectivity index (χ4v) is 0.641. The summed E-state index contributed by atoms with van der Waals surface area (Å²) in [5.41, 5.74) is 2.05. The minimum atomic E-state index is -0.724. The van der Waals surface area contributed by atoms with Gasteiger partial charge in [-0.1, -0.05) is 0 Å². The molecule has 0 spiro atoms. The van der Waals surface area contributed by atoms with Crippen LogP contribution in [0.3, 0.4) is 0 Å². The molecule has 0 aliphatic heterocycles. The van der Waals surface area contributed by atoms with Crippen LogP contribution >= 0.6 is 0 Å². The Morgan fingerprint density at radius 2 is 2.25 bits per heavy atom. The second kappa shape index (κ2) is 3.04. The molecule has 0 saturated heterocycles. The number of carbonyl (C=O) groups excluding carboxylic acids is 1. The van der Waals surface area contributed by atoms with Crippen LogP contribution in [-0.4, -0.2) is 15.6 Å². The van der Waals surface area contributed by atoms with Crippen molar-refractivity contribution in [3.63, 3.8) is 0 Å². The fourth-order valence-electron chi connectivity index (χ4n) is 0.641. The highest BCUT2D eigenvalue weighted by molar-refractivity contribution is 5.72. The van der Waals surface area contributed by atoms with Gasteiger partial charge in [0.2, 0.25) is 0 Å². The Bertz CT molecular complexity index is 403. The van der Waals surface area contributed by atoms with Crippen molar-refractivity contribution in [1.82, 2.24) is 15.1 Å². The van der Waals surface area contributed by atoms with Gasteiger partial charge in [0, 0.05) is 19.2 Å². The van der Waals surface area contributed by atoms with Crippen LogP contribution < -0.4 is 16.7 Å². The van der Waals surface area contributed by atoms with Crippen LogP contribution in [0.2, 0.25) is 0 Å². The monoisotopic (exact) mass is 168 g/mol. The second-order valence-corrected chi connectivity index (χ2v) is 2.07. The quantitative estimate of drug-likeness (QED) is 0.550. The maximum atomic E-state index is 10.8. The van der Waals surface area contributed by atoms with Gasteiger partial charge in [-0.05, 0) is 0 Å². The molecule has 1 rings (SSSR count). The number of nitrogens with one attached hydrogen (secondary N) is 1. The Morgan fingerprint density at radius 3 is 2.75 bits per heavy atom. The summed E-state index contributed by atoms with van der Waals surface area (Å²) in [6.45, 7) is 1.21. The van der Waals surface area contributed by atoms with Crippen molar-refractivity contribution in [3.05, 3.63) is 33.1 Å². The Hall–Kier alpha value is -1.85. The molecule has 1 radical (unpaired) electrons. The molecule has 1 aromatic heterocycles. The lowest BCUT2D eigenvalue weighted by molar-refractivity contribution is -0.120. The molecule has 0 fully saturated rings. The van der Waals surface area contributed by atoms with Crippen molar-refractivity contribution in [2.24, 2.45) is 0 Å². The smallest absolute Gasteiger partial charge is 0.272 e. The standard InChI is InChI=1S/C6H6N3O3/c1-4(10)8-9-3-2-5(11)7-6(9)12/h2-3H,1H3,(H,7,11,12). The number of carbonyl (C=O) groups is 1. The third-order valence-corrected chi connectivity index (χ3v) is 1.05. The Morgan fingerprint density at radius 1 is 1.58 bits per heavy atom. The first-order chi connectivity index (χ1) is 5.59. The molecule has 0 atom stereocenters. The highest BCUT2D eigenvalue weighted by Gasteiger charge is 1.98. The third-order valence-electron chi connectivity index (χ3n) is 1.05. The SMILES string of the molecule is CC(=O)[N]n1ccc(=O)[nH]c1=O. The van der Waals surface area contributed by atoms with Crippen LogP contribution in [0.4, 0.5) is 0 Å². The molecule has 0 aromatic carbocycles. The molecule has 6 nitrogen and oxygen atoms in total. The van der Waals surface area contributed by atoms with E-state index in [0.29, 0.717) is 0 Å². The maximum absolute atomic E-state index is 10.8. The maximum Gasteiger partial charge on any atom is 0.349 e. The van der Waals surface area contributed by atoms with Gasteiger partial charge in [-0.15, -0.1) is 5.43 Å². The molecule has 0 aliphatic carbocycles. The van der Waals surface area contributed by atoms with Crippen molar-refractivity contribution in [1.29, 1.82) is 0 Å². The highest BCUT2D eigenvalue weighted by Crippen LogP contribution is 1.69. The van der Waals surface area contributed by atoms with E-state index in [9.17, 15) is 14.4 Å². The van der Waals surface area contributed by atoms with Crippen LogP contribution in [0.1, 0.15) is 6.92 Å². The topological polar surface area (TPSA) is 86.0 Å². The Balaban J connectivity index is 3.10. The van der Waals surface area contributed by atoms with Gasteiger partial charge >= 0.3 is 5.69 Å². The number of rotatable bonds is 1. The summed E-state index contributed by atoms with van der Waals surface area (Å²) < 4.78 is 0.768. The fraction of sp³-hybridized carbons (Fsp3) is 0.167. The van der Waals surface area contributed by atoms with Crippen LogP contribution in [0, 0.1) is 0 Å². The molecule has 63 valence electrons. The number of aromatic amines is 1. The molecule has 1 amide bonds. The van der Waals surface area contributed by atoms with Crippen LogP contribution in [0.15, 0.2) is 21.9 Å². The zero-order valence-corrected chi connectivity index (χ0v) is 6.27. The van der Waals surface area contributed by atoms with E-state index in [0.717, 1.165) is 16.9 Å². The number of hydrogen-bond donors (Lipinski definition) is 1. The van der Waals surface area contributed by atoms with Crippen molar-refractivity contribution in [2.75, 3.05) is 0 Å². The summed E-state index contributed by atoms with van der Waals surface area (Å²) >= 11 is 0. The molecule has 0 bridgehead atoms. The number of nitrogens with zero attached hydrogens (tertiary/aromatic N) is 2. The summed E-state index contributed by atoms with van der Waals surface area (Å²) in [4.78, 5) is 33.8. The van der Waals surface area contributed by atoms with E-state index < -0.39 is 17.2 Å². The third kappa shape index (κ3) is 1.82. The predicted molar refractivity (Wildman–Crippen MR) is 39.5 cm³/mol. The molecular weight excluding hydrogens is 162 g/mol. The van der Waals surface area contributed by atoms with Gasteiger partial charge < -0.3 is 0 Å². The zero-order chi connectivity index (χ0) is 9.14. The van der Waals surface area contributed by atoms with Crippen LogP contribution in [0.5, 0.6) is 0 Å². The molecule has 1 N–H and O–H groups in total. The predicted octanol–water partition coefficient (Wildman–Crippen LogP) is -1.55. The van der Waals surface area contributed by atoms with Gasteiger partial charge in [0.25, 0.3) is 11.5 Å². The van der Waals surface area contributed by atoms with Crippen LogP contribution in [0.25, 0.3) is 0 Å². The first-order valence-corrected chi connectivity index (χ1v) is 3.14. The van der Waals surface area contributed by atoms with E-state index in [1.165, 1.54) is 6.92 Å². The molecule has 1 aromatic rings. The van der Waals surface area contributed by atoms with Crippen molar-refractivity contribution in [2.45, 2.75) is 6.92 Å². The summed E-state index contributed by atoms with van der Waals surface area (Å²) in [5.74, 6) is -0.510. The average Bonchev–Trinajstić information content (AvgIpc) is 1.94. The largest absolute Gasteiger partial charge is 0.349 e. The number of aromatic nitrogens is 2. The van der Waals surface area contributed by atoms with Gasteiger partial charge in [-0.25, -0.2) is 4.79 Å². The summed E-state index contributed by atoms with van der Waals surface area (Å²) in [5, 5.41) is 0. The Kier molecular flexibility index (Phi) is 2.09. The van der Waals surface area contributed by atoms with Gasteiger partial charge in [0.15, 0.2) is 0 Å². The average molecular weight is 168 g/mol. The van der Waals surface area contributed by atoms with Crippen LogP contribution in [-0.2, 0) is 4.79 Å². The molecule has 0 unspecified atom stereocenters. The molecule has 6 heteroatoms. The first-order valence-electron chi connectivity index (χ1n) is 3.14. The minimum Gasteiger partial charge on any atom is -0.272 e. The van der Waals surface area contributed by atoms with E-state index in [1.54, 1.807) is 0 Å². The Labute approximate surface area is 66.8 Å². The minimum absolute atomic E-state index is 0.510. The number of H-pyrrole nitrogens is 1. The normalized spacial score (nSPS) is 9.42. The number of amides is 1. The van der Waals surface area contributed by atoms with Crippen molar-refractivity contribution in [3.8, 4) is 0 Å². The van der Waals surface area contributed by atoms with E-state index in [1.807, 2.05) is 4.98 Å². The summed E-state index contributed by atoms with van der Waals surface area (Å²) in [7, 11) is 0. The van der Waals surface area contributed by atoms with E-state index >= 15 is 0 Å². The van der Waals surface area contributed by atoms with E-state index in [-0.39, 0.29) is 0 Å². The van der Waals surface area contributed by atoms with Gasteiger partial charge in [-0.3, -0.25) is 14.6 Å². The first kappa shape index (κ1) is 8.25. The van der Waals surface area contributed by atoms with Crippen molar-refractivity contribution >= 4 is 5.91 Å². The van der Waals surface area contributed by atoms with Gasteiger partial charge in [0.05, 0.1) is 0 Å². The molecular formula is C6H6N3O3. The molecule has 1 heterocycles. The molecule has 12 heavy (non-hydrogen) atoms. The highest BCUT2D eigenvalue weighted by atomic mass is 16.2. The lowest BCUT2D eigenvalue weighted by Crippen LogP contribution is -2.35. The van der Waals surface area contributed by atoms with E-state index in [2.05, 4.69) is 5.43 Å². The molecule has 0 aliphatic rings. The summed E-state index contributed by atoms with van der Waals surface area (Å²) in [6.07, 6.45) is 1.13. The lowest BCUT2D eigenvalue weighted by Gasteiger charge is -1.97. The van der Waals surface area contributed by atoms with E-state index in [4.69, 9.17) is 0 Å². The number of hydrogen-bond acceptors (Lipinski definition) is 3.